The average Bonchev–Trinajstić information content (AvgIpc) is 3.23. The third-order valence-corrected chi connectivity index (χ3v) is 4.70. The maximum absolute atomic E-state index is 12.9. The third-order valence-electron chi connectivity index (χ3n) is 4.70. The zero-order valence-corrected chi connectivity index (χ0v) is 14.9. The summed E-state index contributed by atoms with van der Waals surface area (Å²) < 4.78 is 5.58. The van der Waals surface area contributed by atoms with Crippen LogP contribution < -0.4 is 4.90 Å². The zero-order chi connectivity index (χ0) is 18.8. The molecule has 27 heavy (non-hydrogen) atoms. The second kappa shape index (κ2) is 7.07. The summed E-state index contributed by atoms with van der Waals surface area (Å²) in [4.78, 5) is 34.0. The highest BCUT2D eigenvalue weighted by molar-refractivity contribution is 6.06. The van der Waals surface area contributed by atoms with Gasteiger partial charge < -0.3 is 9.72 Å². The van der Waals surface area contributed by atoms with Crippen molar-refractivity contribution in [2.45, 2.75) is 19.4 Å². The molecule has 0 radical (unpaired) electrons. The molecule has 1 aliphatic rings. The third kappa shape index (κ3) is 3.21. The van der Waals surface area contributed by atoms with Crippen molar-refractivity contribution in [1.29, 1.82) is 0 Å². The number of hydrogen-bond acceptors (Lipinski definition) is 4. The van der Waals surface area contributed by atoms with Crippen molar-refractivity contribution in [2.24, 2.45) is 0 Å². The van der Waals surface area contributed by atoms with Gasteiger partial charge in [-0.1, -0.05) is 30.3 Å². The number of H-pyrrole nitrogens is 1. The molecule has 6 nitrogen and oxygen atoms in total. The van der Waals surface area contributed by atoms with Gasteiger partial charge in [0, 0.05) is 30.9 Å². The number of ether oxygens (including phenoxy) is 1. The molecular formula is C21H19N3O3. The van der Waals surface area contributed by atoms with Crippen LogP contribution in [0.5, 0.6) is 0 Å². The van der Waals surface area contributed by atoms with Gasteiger partial charge in [0.2, 0.25) is 5.95 Å². The monoisotopic (exact) mass is 361 g/mol. The van der Waals surface area contributed by atoms with Gasteiger partial charge in [0.1, 0.15) is 6.10 Å². The Hall–Kier alpha value is -3.41. The lowest BCUT2D eigenvalue weighted by molar-refractivity contribution is 0.0252. The Labute approximate surface area is 156 Å². The maximum atomic E-state index is 12.9. The average molecular weight is 361 g/mol. The van der Waals surface area contributed by atoms with Gasteiger partial charge in [-0.25, -0.2) is 9.78 Å². The van der Waals surface area contributed by atoms with Crippen LogP contribution in [0.1, 0.15) is 44.9 Å². The molecular weight excluding hydrogens is 342 g/mol. The Kier molecular flexibility index (Phi) is 4.46. The lowest BCUT2D eigenvalue weighted by atomic mass is 9.93. The Morgan fingerprint density at radius 1 is 1.26 bits per heavy atom. The van der Waals surface area contributed by atoms with E-state index >= 15 is 0 Å². The number of anilines is 1. The van der Waals surface area contributed by atoms with Gasteiger partial charge in [0.25, 0.3) is 5.91 Å². The number of esters is 1. The number of carbonyl (C=O) groups excluding carboxylic acids is 2. The molecule has 0 aliphatic carbocycles. The van der Waals surface area contributed by atoms with Crippen molar-refractivity contribution in [3.8, 4) is 0 Å². The molecule has 1 atom stereocenters. The first-order chi connectivity index (χ1) is 13.2. The van der Waals surface area contributed by atoms with Crippen molar-refractivity contribution in [3.05, 3.63) is 83.2 Å². The number of nitrogens with one attached hydrogen (secondary N) is 1. The first-order valence-electron chi connectivity index (χ1n) is 8.87. The second-order valence-electron chi connectivity index (χ2n) is 6.34. The molecule has 0 saturated carbocycles. The molecule has 136 valence electrons. The van der Waals surface area contributed by atoms with Gasteiger partial charge in [-0.2, -0.15) is 0 Å². The van der Waals surface area contributed by atoms with Crippen LogP contribution in [0.2, 0.25) is 0 Å². The summed E-state index contributed by atoms with van der Waals surface area (Å²) in [6.07, 6.45) is 3.49. The normalized spacial score (nSPS) is 15.7. The van der Waals surface area contributed by atoms with Gasteiger partial charge >= 0.3 is 5.97 Å². The molecule has 2 aromatic carbocycles. The topological polar surface area (TPSA) is 75.3 Å². The van der Waals surface area contributed by atoms with Gasteiger partial charge in [0.05, 0.1) is 5.56 Å². The number of aromatic nitrogens is 2. The zero-order valence-electron chi connectivity index (χ0n) is 14.9. The molecule has 6 heteroatoms. The van der Waals surface area contributed by atoms with Gasteiger partial charge in [-0.05, 0) is 36.2 Å². The molecule has 0 bridgehead atoms. The van der Waals surface area contributed by atoms with Crippen LogP contribution in [0.15, 0.2) is 60.9 Å². The fourth-order valence-corrected chi connectivity index (χ4v) is 3.33. The summed E-state index contributed by atoms with van der Waals surface area (Å²) in [6.45, 7) is 2.37. The number of nitrogens with zero attached hydrogens (tertiary/aromatic N) is 2. The van der Waals surface area contributed by atoms with E-state index in [0.717, 1.165) is 11.1 Å². The first-order valence-corrected chi connectivity index (χ1v) is 8.87. The highest BCUT2D eigenvalue weighted by Gasteiger charge is 2.29. The molecule has 3 aromatic rings. The van der Waals surface area contributed by atoms with E-state index in [1.165, 1.54) is 0 Å². The molecule has 1 aromatic heterocycles. The summed E-state index contributed by atoms with van der Waals surface area (Å²) in [5.74, 6) is -0.0188. The number of fused-ring (bicyclic) bond motifs is 1. The summed E-state index contributed by atoms with van der Waals surface area (Å²) in [7, 11) is 0. The van der Waals surface area contributed by atoms with Crippen LogP contribution in [0.3, 0.4) is 0 Å². The Morgan fingerprint density at radius 3 is 2.78 bits per heavy atom. The largest absolute Gasteiger partial charge is 0.454 e. The molecule has 2 heterocycles. The molecule has 0 spiro atoms. The summed E-state index contributed by atoms with van der Waals surface area (Å²) in [6, 6.07) is 14.8. The van der Waals surface area contributed by atoms with E-state index in [2.05, 4.69) is 9.97 Å². The standard InChI is InChI=1S/C21H19N3O3/c1-2-24(21-22-10-11-23-21)19(25)15-8-9-17-16(12-15)13-18(27-20(17)26)14-6-4-3-5-7-14/h3-12,18H,2,13H2,1H3,(H,22,23)/t18-/m1/s1. The first kappa shape index (κ1) is 17.0. The molecule has 0 unspecified atom stereocenters. The maximum Gasteiger partial charge on any atom is 0.339 e. The number of amides is 1. The smallest absolute Gasteiger partial charge is 0.339 e. The summed E-state index contributed by atoms with van der Waals surface area (Å²) in [5.41, 5.74) is 2.80. The summed E-state index contributed by atoms with van der Waals surface area (Å²) in [5, 5.41) is 0. The minimum absolute atomic E-state index is 0.162. The van der Waals surface area contributed by atoms with Crippen LogP contribution in [0.25, 0.3) is 0 Å². The SMILES string of the molecule is CCN(C(=O)c1ccc2c(c1)C[C@H](c1ccccc1)OC2=O)c1ncc[nH]1. The van der Waals surface area contributed by atoms with E-state index in [0.29, 0.717) is 30.0 Å². The molecule has 0 fully saturated rings. The number of benzene rings is 2. The van der Waals surface area contributed by atoms with E-state index in [4.69, 9.17) is 4.74 Å². The van der Waals surface area contributed by atoms with Crippen molar-refractivity contribution in [2.75, 3.05) is 11.4 Å². The minimum Gasteiger partial charge on any atom is -0.454 e. The number of imidazole rings is 1. The quantitative estimate of drug-likeness (QED) is 0.722. The number of rotatable bonds is 4. The predicted molar refractivity (Wildman–Crippen MR) is 101 cm³/mol. The van der Waals surface area contributed by atoms with Crippen molar-refractivity contribution in [1.82, 2.24) is 9.97 Å². The number of aromatic amines is 1. The predicted octanol–water partition coefficient (Wildman–Crippen LogP) is 3.53. The second-order valence-corrected chi connectivity index (χ2v) is 6.34. The fraction of sp³-hybridized carbons (Fsp3) is 0.190. The Balaban J connectivity index is 1.65. The van der Waals surface area contributed by atoms with Crippen molar-refractivity contribution in [3.63, 3.8) is 0 Å². The molecule has 0 saturated heterocycles. The van der Waals surface area contributed by atoms with E-state index in [-0.39, 0.29) is 18.0 Å². The molecule has 1 N–H and O–H groups in total. The van der Waals surface area contributed by atoms with Crippen LogP contribution >= 0.6 is 0 Å². The lowest BCUT2D eigenvalue weighted by Gasteiger charge is -2.26. The highest BCUT2D eigenvalue weighted by Crippen LogP contribution is 2.31. The van der Waals surface area contributed by atoms with Gasteiger partial charge in [0.15, 0.2) is 0 Å². The van der Waals surface area contributed by atoms with Gasteiger partial charge in [-0.15, -0.1) is 0 Å². The minimum atomic E-state index is -0.359. The Bertz CT molecular complexity index is 968. The number of hydrogen-bond donors (Lipinski definition) is 1. The molecule has 4 rings (SSSR count). The van der Waals surface area contributed by atoms with Gasteiger partial charge in [-0.3, -0.25) is 9.69 Å². The van der Waals surface area contributed by atoms with E-state index in [1.807, 2.05) is 37.3 Å². The Morgan fingerprint density at radius 2 is 2.07 bits per heavy atom. The lowest BCUT2D eigenvalue weighted by Crippen LogP contribution is -2.32. The van der Waals surface area contributed by atoms with Crippen LogP contribution in [-0.2, 0) is 11.2 Å². The number of carbonyl (C=O) groups is 2. The molecule has 1 amide bonds. The van der Waals surface area contributed by atoms with E-state index < -0.39 is 0 Å². The number of cyclic esters (lactones) is 1. The van der Waals surface area contributed by atoms with E-state index in [1.54, 1.807) is 35.5 Å². The summed E-state index contributed by atoms with van der Waals surface area (Å²) >= 11 is 0. The fourth-order valence-electron chi connectivity index (χ4n) is 3.33. The van der Waals surface area contributed by atoms with Crippen molar-refractivity contribution < 1.29 is 14.3 Å². The van der Waals surface area contributed by atoms with Crippen LogP contribution in [-0.4, -0.2) is 28.4 Å². The van der Waals surface area contributed by atoms with Crippen molar-refractivity contribution >= 4 is 17.8 Å². The van der Waals surface area contributed by atoms with E-state index in [9.17, 15) is 9.59 Å². The van der Waals surface area contributed by atoms with Crippen LogP contribution in [0.4, 0.5) is 5.95 Å². The highest BCUT2D eigenvalue weighted by atomic mass is 16.5. The van der Waals surface area contributed by atoms with Crippen LogP contribution in [0, 0.1) is 0 Å². The molecule has 1 aliphatic heterocycles.